The highest BCUT2D eigenvalue weighted by atomic mass is 127. The fourth-order valence-electron chi connectivity index (χ4n) is 1.27. The molecule has 0 radical (unpaired) electrons. The average Bonchev–Trinajstić information content (AvgIpc) is 2.49. The summed E-state index contributed by atoms with van der Waals surface area (Å²) in [6.07, 6.45) is 0. The van der Waals surface area contributed by atoms with Crippen LogP contribution in [-0.4, -0.2) is 5.16 Å². The first-order chi connectivity index (χ1) is 7.09. The van der Waals surface area contributed by atoms with Gasteiger partial charge in [0, 0.05) is 14.7 Å². The van der Waals surface area contributed by atoms with Crippen LogP contribution in [0.4, 0.5) is 10.2 Å². The third kappa shape index (κ3) is 1.83. The van der Waals surface area contributed by atoms with E-state index in [0.29, 0.717) is 11.6 Å². The van der Waals surface area contributed by atoms with Gasteiger partial charge in [0.1, 0.15) is 5.82 Å². The Balaban J connectivity index is 2.59. The smallest absolute Gasteiger partial charge is 0.173 e. The summed E-state index contributed by atoms with van der Waals surface area (Å²) in [4.78, 5) is 0. The lowest BCUT2D eigenvalue weighted by Crippen LogP contribution is -1.88. The molecule has 0 atom stereocenters. The fourth-order valence-corrected chi connectivity index (χ4v) is 2.00. The number of hydrogen-bond acceptors (Lipinski definition) is 3. The quantitative estimate of drug-likeness (QED) is 0.823. The molecule has 0 fully saturated rings. The number of anilines is 1. The van der Waals surface area contributed by atoms with Crippen LogP contribution in [0, 0.1) is 16.3 Å². The molecular weight excluding hydrogens is 310 g/mol. The predicted octanol–water partition coefficient (Wildman–Crippen LogP) is 2.98. The number of nitrogen functional groups attached to an aromatic ring is 1. The van der Waals surface area contributed by atoms with Crippen LogP contribution >= 0.6 is 22.6 Å². The molecule has 0 saturated heterocycles. The van der Waals surface area contributed by atoms with Gasteiger partial charge in [-0.1, -0.05) is 5.16 Å². The first-order valence-corrected chi connectivity index (χ1v) is 5.34. The van der Waals surface area contributed by atoms with E-state index in [1.54, 1.807) is 6.07 Å². The average molecular weight is 318 g/mol. The Bertz CT molecular complexity index is 510. The van der Waals surface area contributed by atoms with Crippen molar-refractivity contribution in [3.8, 4) is 11.3 Å². The van der Waals surface area contributed by atoms with Gasteiger partial charge in [-0.3, -0.25) is 0 Å². The van der Waals surface area contributed by atoms with Gasteiger partial charge in [0.25, 0.3) is 0 Å². The van der Waals surface area contributed by atoms with Gasteiger partial charge in [0.15, 0.2) is 11.6 Å². The standard InChI is InChI=1S/C10H8FIN2O/c1-5-9(15-14-10(5)13)7-3-2-6(11)4-8(7)12/h2-4H,1H3,(H2,13,14). The van der Waals surface area contributed by atoms with Crippen LogP contribution in [0.3, 0.4) is 0 Å². The zero-order valence-corrected chi connectivity index (χ0v) is 10.1. The van der Waals surface area contributed by atoms with Crippen molar-refractivity contribution in [1.82, 2.24) is 5.16 Å². The highest BCUT2D eigenvalue weighted by Crippen LogP contribution is 2.30. The molecule has 5 heteroatoms. The largest absolute Gasteiger partial charge is 0.381 e. The van der Waals surface area contributed by atoms with E-state index in [-0.39, 0.29) is 5.82 Å². The Morgan fingerprint density at radius 1 is 1.47 bits per heavy atom. The van der Waals surface area contributed by atoms with Gasteiger partial charge < -0.3 is 10.3 Å². The van der Waals surface area contributed by atoms with Crippen molar-refractivity contribution < 1.29 is 8.91 Å². The molecule has 1 aromatic heterocycles. The Kier molecular flexibility index (Phi) is 2.64. The monoisotopic (exact) mass is 318 g/mol. The van der Waals surface area contributed by atoms with E-state index < -0.39 is 0 Å². The molecule has 0 aliphatic heterocycles. The summed E-state index contributed by atoms with van der Waals surface area (Å²) in [7, 11) is 0. The van der Waals surface area contributed by atoms with Crippen LogP contribution in [-0.2, 0) is 0 Å². The van der Waals surface area contributed by atoms with Crippen LogP contribution in [0.15, 0.2) is 22.7 Å². The van der Waals surface area contributed by atoms with E-state index in [2.05, 4.69) is 5.16 Å². The van der Waals surface area contributed by atoms with Crippen LogP contribution in [0.1, 0.15) is 5.56 Å². The Hall–Kier alpha value is -1.11. The van der Waals surface area contributed by atoms with E-state index in [9.17, 15) is 4.39 Å². The molecule has 15 heavy (non-hydrogen) atoms. The third-order valence-electron chi connectivity index (χ3n) is 2.14. The van der Waals surface area contributed by atoms with Crippen molar-refractivity contribution >= 4 is 28.4 Å². The Morgan fingerprint density at radius 3 is 2.73 bits per heavy atom. The molecule has 0 unspecified atom stereocenters. The lowest BCUT2D eigenvalue weighted by molar-refractivity contribution is 0.435. The topological polar surface area (TPSA) is 52.0 Å². The first-order valence-electron chi connectivity index (χ1n) is 4.26. The van der Waals surface area contributed by atoms with Gasteiger partial charge in [0.05, 0.1) is 0 Å². The summed E-state index contributed by atoms with van der Waals surface area (Å²) < 4.78 is 18.8. The van der Waals surface area contributed by atoms with Crippen molar-refractivity contribution in [3.63, 3.8) is 0 Å². The first kappa shape index (κ1) is 10.4. The van der Waals surface area contributed by atoms with Crippen LogP contribution in [0.5, 0.6) is 0 Å². The molecule has 0 aliphatic carbocycles. The lowest BCUT2D eigenvalue weighted by atomic mass is 10.1. The van der Waals surface area contributed by atoms with Gasteiger partial charge in [-0.05, 0) is 47.7 Å². The second-order valence-corrected chi connectivity index (χ2v) is 4.31. The van der Waals surface area contributed by atoms with Gasteiger partial charge in [-0.2, -0.15) is 0 Å². The molecule has 2 rings (SSSR count). The van der Waals surface area contributed by atoms with Crippen LogP contribution in [0.2, 0.25) is 0 Å². The summed E-state index contributed by atoms with van der Waals surface area (Å²) in [5, 5.41) is 3.66. The van der Waals surface area contributed by atoms with Crippen LogP contribution < -0.4 is 5.73 Å². The van der Waals surface area contributed by atoms with Gasteiger partial charge >= 0.3 is 0 Å². The molecule has 1 heterocycles. The van der Waals surface area contributed by atoms with Gasteiger partial charge in [-0.15, -0.1) is 0 Å². The van der Waals surface area contributed by atoms with E-state index in [4.69, 9.17) is 10.3 Å². The molecule has 0 amide bonds. The molecule has 0 spiro atoms. The second-order valence-electron chi connectivity index (χ2n) is 3.15. The maximum atomic E-state index is 12.9. The number of nitrogens with two attached hydrogens (primary N) is 1. The van der Waals surface area contributed by atoms with Crippen molar-refractivity contribution in [3.05, 3.63) is 33.1 Å². The Morgan fingerprint density at radius 2 is 2.20 bits per heavy atom. The molecule has 0 bridgehead atoms. The zero-order chi connectivity index (χ0) is 11.0. The van der Waals surface area contributed by atoms with Gasteiger partial charge in [0.2, 0.25) is 0 Å². The van der Waals surface area contributed by atoms with E-state index in [1.165, 1.54) is 12.1 Å². The third-order valence-corrected chi connectivity index (χ3v) is 3.03. The maximum absolute atomic E-state index is 12.9. The number of benzene rings is 1. The molecule has 2 N–H and O–H groups in total. The molecule has 0 saturated carbocycles. The van der Waals surface area contributed by atoms with Crippen molar-refractivity contribution in [2.75, 3.05) is 5.73 Å². The summed E-state index contributed by atoms with van der Waals surface area (Å²) >= 11 is 2.05. The minimum absolute atomic E-state index is 0.270. The highest BCUT2D eigenvalue weighted by Gasteiger charge is 2.14. The molecule has 78 valence electrons. The van der Waals surface area contributed by atoms with Crippen LogP contribution in [0.25, 0.3) is 11.3 Å². The number of halogens is 2. The van der Waals surface area contributed by atoms with E-state index in [1.807, 2.05) is 29.5 Å². The normalized spacial score (nSPS) is 10.6. The summed E-state index contributed by atoms with van der Waals surface area (Å²) in [5.74, 6) is 0.690. The molecule has 3 nitrogen and oxygen atoms in total. The zero-order valence-electron chi connectivity index (χ0n) is 7.92. The Labute approximate surface area is 99.6 Å². The van der Waals surface area contributed by atoms with Crippen molar-refractivity contribution in [1.29, 1.82) is 0 Å². The fraction of sp³-hybridized carbons (Fsp3) is 0.100. The molecule has 1 aromatic carbocycles. The summed E-state index contributed by atoms with van der Waals surface area (Å²) in [6.45, 7) is 1.82. The number of rotatable bonds is 1. The SMILES string of the molecule is Cc1c(N)noc1-c1ccc(F)cc1I. The van der Waals surface area contributed by atoms with Gasteiger partial charge in [-0.25, -0.2) is 4.39 Å². The minimum atomic E-state index is -0.270. The second kappa shape index (κ2) is 3.80. The van der Waals surface area contributed by atoms with Crippen molar-refractivity contribution in [2.45, 2.75) is 6.92 Å². The number of nitrogens with zero attached hydrogens (tertiary/aromatic N) is 1. The molecule has 0 aliphatic rings. The summed E-state index contributed by atoms with van der Waals surface area (Å²) in [5.41, 5.74) is 7.16. The lowest BCUT2D eigenvalue weighted by Gasteiger charge is -2.01. The minimum Gasteiger partial charge on any atom is -0.381 e. The summed E-state index contributed by atoms with van der Waals surface area (Å²) in [6, 6.07) is 4.48. The highest BCUT2D eigenvalue weighted by molar-refractivity contribution is 14.1. The van der Waals surface area contributed by atoms with E-state index in [0.717, 1.165) is 14.7 Å². The number of hydrogen-bond donors (Lipinski definition) is 1. The predicted molar refractivity (Wildman–Crippen MR) is 63.8 cm³/mol. The van der Waals surface area contributed by atoms with Crippen molar-refractivity contribution in [2.24, 2.45) is 0 Å². The molecular formula is C10H8FIN2O. The maximum Gasteiger partial charge on any atom is 0.173 e. The number of aromatic nitrogens is 1. The van der Waals surface area contributed by atoms with E-state index >= 15 is 0 Å². The molecule has 2 aromatic rings.